The molecule has 8 heteroatoms. The normalized spacial score (nSPS) is 12.3. The third kappa shape index (κ3) is 6.21. The molecule has 3 rings (SSSR count). The Morgan fingerprint density at radius 1 is 0.966 bits per heavy atom. The standard InChI is InChI=1S/C21H22N4O3S/c22-20(14-24-29(27,28)15-16-4-2-1-3-5-16)17-6-8-18(9-7-17)21(26)25-19-10-12-23-13-11-19/h1-13,20,24H,14-15,22H2,(H,23,25,26). The lowest BCUT2D eigenvalue weighted by molar-refractivity contribution is 0.102. The van der Waals surface area contributed by atoms with Crippen LogP contribution in [0.15, 0.2) is 79.1 Å². The minimum Gasteiger partial charge on any atom is -0.323 e. The number of aromatic nitrogens is 1. The Morgan fingerprint density at radius 3 is 2.28 bits per heavy atom. The summed E-state index contributed by atoms with van der Waals surface area (Å²) in [7, 11) is -3.49. The van der Waals surface area contributed by atoms with E-state index in [1.807, 2.05) is 6.07 Å². The van der Waals surface area contributed by atoms with Crippen LogP contribution in [0.25, 0.3) is 0 Å². The van der Waals surface area contributed by atoms with E-state index in [4.69, 9.17) is 5.73 Å². The van der Waals surface area contributed by atoms with Crippen molar-refractivity contribution in [2.45, 2.75) is 11.8 Å². The molecule has 0 aliphatic carbocycles. The van der Waals surface area contributed by atoms with Crippen LogP contribution in [0.5, 0.6) is 0 Å². The number of amides is 1. The Balaban J connectivity index is 1.56. The highest BCUT2D eigenvalue weighted by atomic mass is 32.2. The summed E-state index contributed by atoms with van der Waals surface area (Å²) in [4.78, 5) is 16.2. The third-order valence-electron chi connectivity index (χ3n) is 4.26. The largest absolute Gasteiger partial charge is 0.323 e. The van der Waals surface area contributed by atoms with Gasteiger partial charge in [0.25, 0.3) is 5.91 Å². The van der Waals surface area contributed by atoms with Gasteiger partial charge in [0.05, 0.1) is 5.75 Å². The molecule has 1 amide bonds. The molecule has 0 aliphatic heterocycles. The van der Waals surface area contributed by atoms with Gasteiger partial charge >= 0.3 is 0 Å². The van der Waals surface area contributed by atoms with Crippen molar-refractivity contribution < 1.29 is 13.2 Å². The number of nitrogens with zero attached hydrogens (tertiary/aromatic N) is 1. The molecule has 1 aromatic heterocycles. The molecule has 3 aromatic rings. The van der Waals surface area contributed by atoms with Crippen LogP contribution in [0.1, 0.15) is 27.5 Å². The van der Waals surface area contributed by atoms with Crippen LogP contribution in [0, 0.1) is 0 Å². The number of nitrogens with one attached hydrogen (secondary N) is 2. The highest BCUT2D eigenvalue weighted by Gasteiger charge is 2.15. The molecule has 2 aromatic carbocycles. The van der Waals surface area contributed by atoms with Gasteiger partial charge in [-0.3, -0.25) is 9.78 Å². The number of anilines is 1. The van der Waals surface area contributed by atoms with Gasteiger partial charge in [0.1, 0.15) is 0 Å². The van der Waals surface area contributed by atoms with E-state index in [1.54, 1.807) is 73.1 Å². The maximum atomic E-state index is 12.3. The monoisotopic (exact) mass is 410 g/mol. The molecule has 0 radical (unpaired) electrons. The number of carbonyl (C=O) groups is 1. The lowest BCUT2D eigenvalue weighted by atomic mass is 10.1. The van der Waals surface area contributed by atoms with Crippen molar-refractivity contribution in [1.82, 2.24) is 9.71 Å². The van der Waals surface area contributed by atoms with Crippen molar-refractivity contribution in [3.8, 4) is 0 Å². The van der Waals surface area contributed by atoms with Crippen molar-refractivity contribution in [2.75, 3.05) is 11.9 Å². The fourth-order valence-corrected chi connectivity index (χ4v) is 3.87. The van der Waals surface area contributed by atoms with Crippen molar-refractivity contribution in [3.63, 3.8) is 0 Å². The molecule has 0 aliphatic rings. The van der Waals surface area contributed by atoms with Gasteiger partial charge in [-0.1, -0.05) is 42.5 Å². The molecular weight excluding hydrogens is 388 g/mol. The molecule has 4 N–H and O–H groups in total. The average molecular weight is 410 g/mol. The fourth-order valence-electron chi connectivity index (χ4n) is 2.70. The first-order chi connectivity index (χ1) is 13.9. The van der Waals surface area contributed by atoms with Crippen LogP contribution in [0.3, 0.4) is 0 Å². The topological polar surface area (TPSA) is 114 Å². The molecule has 29 heavy (non-hydrogen) atoms. The zero-order valence-electron chi connectivity index (χ0n) is 15.7. The number of carbonyl (C=O) groups excluding carboxylic acids is 1. The van der Waals surface area contributed by atoms with Crippen LogP contribution in [0.4, 0.5) is 5.69 Å². The van der Waals surface area contributed by atoms with Crippen molar-refractivity contribution in [1.29, 1.82) is 0 Å². The average Bonchev–Trinajstić information content (AvgIpc) is 2.73. The Hall–Kier alpha value is -3.07. The predicted molar refractivity (Wildman–Crippen MR) is 113 cm³/mol. The number of rotatable bonds is 8. The van der Waals surface area contributed by atoms with Crippen molar-refractivity contribution in [2.24, 2.45) is 5.73 Å². The molecular formula is C21H22N4O3S. The van der Waals surface area contributed by atoms with Gasteiger partial charge in [-0.05, 0) is 35.4 Å². The van der Waals surface area contributed by atoms with Gasteiger partial charge in [0, 0.05) is 36.2 Å². The van der Waals surface area contributed by atoms with E-state index in [2.05, 4.69) is 15.0 Å². The van der Waals surface area contributed by atoms with Crippen LogP contribution < -0.4 is 15.8 Å². The summed E-state index contributed by atoms with van der Waals surface area (Å²) in [5.41, 5.74) is 8.67. The summed E-state index contributed by atoms with van der Waals surface area (Å²) in [5.74, 6) is -0.353. The molecule has 1 atom stereocenters. The van der Waals surface area contributed by atoms with Crippen LogP contribution in [-0.2, 0) is 15.8 Å². The van der Waals surface area contributed by atoms with E-state index < -0.39 is 16.1 Å². The van der Waals surface area contributed by atoms with Gasteiger partial charge in [-0.15, -0.1) is 0 Å². The summed E-state index contributed by atoms with van der Waals surface area (Å²) in [6.07, 6.45) is 3.19. The second-order valence-electron chi connectivity index (χ2n) is 6.51. The molecule has 0 fully saturated rings. The number of benzene rings is 2. The van der Waals surface area contributed by atoms with E-state index in [1.165, 1.54) is 0 Å². The summed E-state index contributed by atoms with van der Waals surface area (Å²) in [6, 6.07) is 18.6. The van der Waals surface area contributed by atoms with Gasteiger partial charge < -0.3 is 11.1 Å². The Labute approximate surface area is 170 Å². The molecule has 0 saturated carbocycles. The van der Waals surface area contributed by atoms with Gasteiger partial charge in [-0.2, -0.15) is 0 Å². The summed E-state index contributed by atoms with van der Waals surface area (Å²) >= 11 is 0. The summed E-state index contributed by atoms with van der Waals surface area (Å²) in [6.45, 7) is 0.0672. The molecule has 1 unspecified atom stereocenters. The van der Waals surface area contributed by atoms with E-state index in [9.17, 15) is 13.2 Å². The first-order valence-corrected chi connectivity index (χ1v) is 10.7. The lowest BCUT2D eigenvalue weighted by Gasteiger charge is -2.14. The lowest BCUT2D eigenvalue weighted by Crippen LogP contribution is -2.32. The first-order valence-electron chi connectivity index (χ1n) is 9.01. The zero-order valence-corrected chi connectivity index (χ0v) is 16.5. The van der Waals surface area contributed by atoms with Crippen LogP contribution in [0.2, 0.25) is 0 Å². The second-order valence-corrected chi connectivity index (χ2v) is 8.32. The summed E-state index contributed by atoms with van der Waals surface area (Å²) < 4.78 is 27.0. The second kappa shape index (κ2) is 9.42. The maximum Gasteiger partial charge on any atom is 0.255 e. The van der Waals surface area contributed by atoms with Crippen molar-refractivity contribution >= 4 is 21.6 Å². The highest BCUT2D eigenvalue weighted by molar-refractivity contribution is 7.88. The molecule has 7 nitrogen and oxygen atoms in total. The number of hydrogen-bond donors (Lipinski definition) is 3. The maximum absolute atomic E-state index is 12.3. The Morgan fingerprint density at radius 2 is 1.62 bits per heavy atom. The number of nitrogens with two attached hydrogens (primary N) is 1. The quantitative estimate of drug-likeness (QED) is 0.528. The molecule has 0 saturated heterocycles. The molecule has 150 valence electrons. The van der Waals surface area contributed by atoms with E-state index in [0.717, 1.165) is 5.56 Å². The van der Waals surface area contributed by atoms with Gasteiger partial charge in [0.2, 0.25) is 10.0 Å². The predicted octanol–water partition coefficient (Wildman–Crippen LogP) is 2.45. The Kier molecular flexibility index (Phi) is 6.71. The van der Waals surface area contributed by atoms with Crippen molar-refractivity contribution in [3.05, 3.63) is 95.8 Å². The van der Waals surface area contributed by atoms with Gasteiger partial charge in [0.15, 0.2) is 0 Å². The smallest absolute Gasteiger partial charge is 0.255 e. The minimum absolute atomic E-state index is 0.0672. The van der Waals surface area contributed by atoms with E-state index >= 15 is 0 Å². The first kappa shape index (κ1) is 20.7. The minimum atomic E-state index is -3.49. The zero-order chi connectivity index (χ0) is 20.7. The van der Waals surface area contributed by atoms with Crippen LogP contribution >= 0.6 is 0 Å². The molecule has 0 spiro atoms. The molecule has 0 bridgehead atoms. The van der Waals surface area contributed by atoms with E-state index in [-0.39, 0.29) is 18.2 Å². The fraction of sp³-hybridized carbons (Fsp3) is 0.143. The number of sulfonamides is 1. The third-order valence-corrected chi connectivity index (χ3v) is 5.58. The summed E-state index contributed by atoms with van der Waals surface area (Å²) in [5, 5.41) is 2.77. The Bertz CT molecular complexity index is 1040. The SMILES string of the molecule is NC(CNS(=O)(=O)Cc1ccccc1)c1ccc(C(=O)Nc2ccncc2)cc1. The number of pyridine rings is 1. The van der Waals surface area contributed by atoms with Gasteiger partial charge in [-0.25, -0.2) is 13.1 Å². The van der Waals surface area contributed by atoms with Crippen LogP contribution in [-0.4, -0.2) is 25.9 Å². The number of hydrogen-bond acceptors (Lipinski definition) is 5. The highest BCUT2D eigenvalue weighted by Crippen LogP contribution is 2.14. The van der Waals surface area contributed by atoms with E-state index in [0.29, 0.717) is 16.8 Å². The molecule has 1 heterocycles.